The van der Waals surface area contributed by atoms with E-state index in [1.54, 1.807) is 0 Å². The van der Waals surface area contributed by atoms with Crippen molar-refractivity contribution in [3.63, 3.8) is 0 Å². The maximum atomic E-state index is 5.83. The largest absolute Gasteiger partial charge is 0.487 e. The van der Waals surface area contributed by atoms with Crippen LogP contribution < -0.4 is 10.5 Å². The van der Waals surface area contributed by atoms with Gasteiger partial charge in [-0.3, -0.25) is 0 Å². The van der Waals surface area contributed by atoms with Gasteiger partial charge in [0, 0.05) is 8.95 Å². The first-order valence-corrected chi connectivity index (χ1v) is 6.66. The summed E-state index contributed by atoms with van der Waals surface area (Å²) in [6, 6.07) is 13.6. The van der Waals surface area contributed by atoms with Gasteiger partial charge in [0.1, 0.15) is 12.4 Å². The van der Waals surface area contributed by atoms with Crippen LogP contribution in [-0.4, -0.2) is 0 Å². The molecule has 2 aromatic carbocycles. The topological polar surface area (TPSA) is 35.2 Å². The van der Waals surface area contributed by atoms with E-state index in [0.717, 1.165) is 14.5 Å². The molecule has 2 rings (SSSR count). The number of nitrogens with two attached hydrogens (primary N) is 1. The number of ether oxygens (including phenoxy) is 1. The third-order valence-corrected chi connectivity index (χ3v) is 3.25. The van der Waals surface area contributed by atoms with Crippen LogP contribution in [0.25, 0.3) is 0 Å². The zero-order valence-corrected chi connectivity index (χ0v) is 12.2. The highest BCUT2D eigenvalue weighted by Gasteiger charge is 2.02. The fourth-order valence-corrected chi connectivity index (χ4v) is 2.21. The standard InChI is InChI=1S/C13H11Br2NO/c14-10-3-1-2-9(6-10)8-17-13-7-11(15)4-5-12(13)16/h1-7H,8,16H2. The molecule has 0 saturated heterocycles. The number of hydrogen-bond donors (Lipinski definition) is 1. The average Bonchev–Trinajstić information content (AvgIpc) is 2.30. The van der Waals surface area contributed by atoms with Crippen LogP contribution >= 0.6 is 31.9 Å². The van der Waals surface area contributed by atoms with Crippen molar-refractivity contribution in [3.05, 3.63) is 57.0 Å². The molecule has 0 amide bonds. The molecular weight excluding hydrogens is 346 g/mol. The van der Waals surface area contributed by atoms with Crippen LogP contribution in [0.4, 0.5) is 5.69 Å². The minimum Gasteiger partial charge on any atom is -0.487 e. The smallest absolute Gasteiger partial charge is 0.143 e. The first kappa shape index (κ1) is 12.5. The Bertz CT molecular complexity index is 529. The molecule has 0 aliphatic rings. The van der Waals surface area contributed by atoms with Crippen LogP contribution in [0.15, 0.2) is 51.4 Å². The van der Waals surface area contributed by atoms with E-state index in [2.05, 4.69) is 31.9 Å². The van der Waals surface area contributed by atoms with Gasteiger partial charge in [-0.25, -0.2) is 0 Å². The van der Waals surface area contributed by atoms with E-state index >= 15 is 0 Å². The van der Waals surface area contributed by atoms with E-state index in [1.807, 2.05) is 42.5 Å². The van der Waals surface area contributed by atoms with E-state index in [9.17, 15) is 0 Å². The Hall–Kier alpha value is -1.00. The highest BCUT2D eigenvalue weighted by Crippen LogP contribution is 2.26. The Kier molecular flexibility index (Phi) is 4.07. The fraction of sp³-hybridized carbons (Fsp3) is 0.0769. The van der Waals surface area contributed by atoms with Gasteiger partial charge in [0.15, 0.2) is 0 Å². The second kappa shape index (κ2) is 5.56. The van der Waals surface area contributed by atoms with Crippen LogP contribution in [-0.2, 0) is 6.61 Å². The molecule has 2 N–H and O–H groups in total. The minimum atomic E-state index is 0.500. The highest BCUT2D eigenvalue weighted by atomic mass is 79.9. The Morgan fingerprint density at radius 1 is 1.00 bits per heavy atom. The second-order valence-electron chi connectivity index (χ2n) is 3.60. The summed E-state index contributed by atoms with van der Waals surface area (Å²) in [6.07, 6.45) is 0. The minimum absolute atomic E-state index is 0.500. The number of hydrogen-bond acceptors (Lipinski definition) is 2. The molecule has 0 heterocycles. The second-order valence-corrected chi connectivity index (χ2v) is 5.43. The third kappa shape index (κ3) is 3.48. The molecule has 0 aliphatic carbocycles. The molecule has 0 spiro atoms. The number of benzene rings is 2. The van der Waals surface area contributed by atoms with Crippen molar-refractivity contribution < 1.29 is 4.74 Å². The molecule has 2 nitrogen and oxygen atoms in total. The Labute approximate surface area is 117 Å². The molecule has 0 saturated carbocycles. The van der Waals surface area contributed by atoms with Gasteiger partial charge in [-0.05, 0) is 35.9 Å². The van der Waals surface area contributed by atoms with Crippen LogP contribution in [0.1, 0.15) is 5.56 Å². The van der Waals surface area contributed by atoms with Gasteiger partial charge in [-0.1, -0.05) is 44.0 Å². The molecule has 0 unspecified atom stereocenters. The number of rotatable bonds is 3. The first-order chi connectivity index (χ1) is 8.15. The van der Waals surface area contributed by atoms with Crippen molar-refractivity contribution in [1.29, 1.82) is 0 Å². The molecule has 88 valence electrons. The fourth-order valence-electron chi connectivity index (χ4n) is 1.42. The highest BCUT2D eigenvalue weighted by molar-refractivity contribution is 9.10. The summed E-state index contributed by atoms with van der Waals surface area (Å²) < 4.78 is 7.68. The lowest BCUT2D eigenvalue weighted by Crippen LogP contribution is -1.98. The Morgan fingerprint density at radius 3 is 2.53 bits per heavy atom. The average molecular weight is 357 g/mol. The summed E-state index contributed by atoms with van der Waals surface area (Å²) in [4.78, 5) is 0. The maximum Gasteiger partial charge on any atom is 0.143 e. The van der Waals surface area contributed by atoms with E-state index in [-0.39, 0.29) is 0 Å². The van der Waals surface area contributed by atoms with Gasteiger partial charge in [-0.2, -0.15) is 0 Å². The Balaban J connectivity index is 2.09. The third-order valence-electron chi connectivity index (χ3n) is 2.26. The van der Waals surface area contributed by atoms with Gasteiger partial charge in [0.25, 0.3) is 0 Å². The van der Waals surface area contributed by atoms with Crippen molar-refractivity contribution in [3.8, 4) is 5.75 Å². The van der Waals surface area contributed by atoms with Gasteiger partial charge in [-0.15, -0.1) is 0 Å². The van der Waals surface area contributed by atoms with Gasteiger partial charge in [0.2, 0.25) is 0 Å². The Morgan fingerprint density at radius 2 is 1.76 bits per heavy atom. The molecule has 2 aromatic rings. The van der Waals surface area contributed by atoms with Crippen molar-refractivity contribution in [2.75, 3.05) is 5.73 Å². The van der Waals surface area contributed by atoms with Crippen molar-refractivity contribution in [2.45, 2.75) is 6.61 Å². The van der Waals surface area contributed by atoms with E-state index in [1.165, 1.54) is 0 Å². The monoisotopic (exact) mass is 355 g/mol. The van der Waals surface area contributed by atoms with Crippen LogP contribution in [0.3, 0.4) is 0 Å². The van der Waals surface area contributed by atoms with Crippen LogP contribution in [0.2, 0.25) is 0 Å². The van der Waals surface area contributed by atoms with Crippen molar-refractivity contribution >= 4 is 37.5 Å². The molecule has 0 bridgehead atoms. The predicted molar refractivity (Wildman–Crippen MR) is 77.0 cm³/mol. The molecular formula is C13H11Br2NO. The van der Waals surface area contributed by atoms with Gasteiger partial charge < -0.3 is 10.5 Å². The zero-order valence-electron chi connectivity index (χ0n) is 8.99. The molecule has 0 fully saturated rings. The van der Waals surface area contributed by atoms with Crippen LogP contribution in [0, 0.1) is 0 Å². The summed E-state index contributed by atoms with van der Waals surface area (Å²) in [6.45, 7) is 0.500. The predicted octanol–water partition coefficient (Wildman–Crippen LogP) is 4.37. The quantitative estimate of drug-likeness (QED) is 0.828. The summed E-state index contributed by atoms with van der Waals surface area (Å²) in [5.41, 5.74) is 7.57. The molecule has 0 atom stereocenters. The number of anilines is 1. The van der Waals surface area contributed by atoms with Gasteiger partial charge in [0.05, 0.1) is 5.69 Å². The molecule has 0 aliphatic heterocycles. The lowest BCUT2D eigenvalue weighted by molar-refractivity contribution is 0.307. The lowest BCUT2D eigenvalue weighted by Gasteiger charge is -2.09. The molecule has 4 heteroatoms. The molecule has 17 heavy (non-hydrogen) atoms. The normalized spacial score (nSPS) is 10.2. The molecule has 0 radical (unpaired) electrons. The number of nitrogen functional groups attached to an aromatic ring is 1. The maximum absolute atomic E-state index is 5.83. The van der Waals surface area contributed by atoms with E-state index in [0.29, 0.717) is 18.0 Å². The zero-order chi connectivity index (χ0) is 12.3. The van der Waals surface area contributed by atoms with Gasteiger partial charge >= 0.3 is 0 Å². The van der Waals surface area contributed by atoms with Crippen molar-refractivity contribution in [1.82, 2.24) is 0 Å². The summed E-state index contributed by atoms with van der Waals surface area (Å²) in [5.74, 6) is 0.694. The van der Waals surface area contributed by atoms with E-state index < -0.39 is 0 Å². The van der Waals surface area contributed by atoms with Crippen molar-refractivity contribution in [2.24, 2.45) is 0 Å². The summed E-state index contributed by atoms with van der Waals surface area (Å²) >= 11 is 6.82. The molecule has 0 aromatic heterocycles. The van der Waals surface area contributed by atoms with Crippen LogP contribution in [0.5, 0.6) is 5.75 Å². The summed E-state index contributed by atoms with van der Waals surface area (Å²) in [7, 11) is 0. The SMILES string of the molecule is Nc1ccc(Br)cc1OCc1cccc(Br)c1. The van der Waals surface area contributed by atoms with E-state index in [4.69, 9.17) is 10.5 Å². The lowest BCUT2D eigenvalue weighted by atomic mass is 10.2. The first-order valence-electron chi connectivity index (χ1n) is 5.07. The number of halogens is 2. The summed E-state index contributed by atoms with van der Waals surface area (Å²) in [5, 5.41) is 0.